The van der Waals surface area contributed by atoms with Gasteiger partial charge in [-0.1, -0.05) is 0 Å². The molecule has 0 atom stereocenters. The van der Waals surface area contributed by atoms with Gasteiger partial charge in [-0.3, -0.25) is 14.5 Å². The molecule has 7 heteroatoms. The zero-order valence-electron chi connectivity index (χ0n) is 14.4. The van der Waals surface area contributed by atoms with Gasteiger partial charge in [-0.25, -0.2) is 0 Å². The molecule has 1 aliphatic rings. The molecule has 1 fully saturated rings. The molecule has 0 bridgehead atoms. The lowest BCUT2D eigenvalue weighted by molar-refractivity contribution is 0.0921. The number of rotatable bonds is 3. The van der Waals surface area contributed by atoms with Crippen LogP contribution in [-0.4, -0.2) is 39.8 Å². The predicted molar refractivity (Wildman–Crippen MR) is 100 cm³/mol. The van der Waals surface area contributed by atoms with E-state index < -0.39 is 0 Å². The second-order valence-corrected chi connectivity index (χ2v) is 7.41. The first kappa shape index (κ1) is 16.1. The third kappa shape index (κ3) is 3.11. The molecule has 0 aliphatic carbocycles. The number of piperidine rings is 1. The SMILES string of the molecule is Cc1cc(C(=O)NC2CCN(c3ccnc4ccsc34)CC2)n(C)n1. The van der Waals surface area contributed by atoms with Crippen molar-refractivity contribution < 1.29 is 4.79 Å². The van der Waals surface area contributed by atoms with Crippen LogP contribution in [0.25, 0.3) is 10.2 Å². The summed E-state index contributed by atoms with van der Waals surface area (Å²) in [5.74, 6) is -0.0360. The molecule has 0 radical (unpaired) electrons. The Balaban J connectivity index is 1.41. The van der Waals surface area contributed by atoms with Gasteiger partial charge in [0.1, 0.15) is 5.69 Å². The summed E-state index contributed by atoms with van der Waals surface area (Å²) in [5, 5.41) is 9.49. The van der Waals surface area contributed by atoms with Crippen molar-refractivity contribution in [3.8, 4) is 0 Å². The number of carbonyl (C=O) groups excluding carboxylic acids is 1. The summed E-state index contributed by atoms with van der Waals surface area (Å²) in [6, 6.07) is 6.19. The number of fused-ring (bicyclic) bond motifs is 1. The van der Waals surface area contributed by atoms with Crippen LogP contribution in [0.15, 0.2) is 29.8 Å². The van der Waals surface area contributed by atoms with Gasteiger partial charge in [-0.15, -0.1) is 11.3 Å². The molecule has 0 spiro atoms. The quantitative estimate of drug-likeness (QED) is 0.785. The highest BCUT2D eigenvalue weighted by atomic mass is 32.1. The first-order chi connectivity index (χ1) is 12.1. The Bertz CT molecular complexity index is 907. The number of amides is 1. The molecular formula is C18H21N5OS. The van der Waals surface area contributed by atoms with Crippen molar-refractivity contribution in [1.29, 1.82) is 0 Å². The number of hydrogen-bond acceptors (Lipinski definition) is 5. The maximum absolute atomic E-state index is 12.4. The van der Waals surface area contributed by atoms with Gasteiger partial charge in [0.25, 0.3) is 5.91 Å². The van der Waals surface area contributed by atoms with Crippen LogP contribution in [0.4, 0.5) is 5.69 Å². The van der Waals surface area contributed by atoms with Crippen LogP contribution in [-0.2, 0) is 7.05 Å². The molecule has 4 heterocycles. The van der Waals surface area contributed by atoms with Crippen molar-refractivity contribution in [3.63, 3.8) is 0 Å². The van der Waals surface area contributed by atoms with Crippen LogP contribution in [0.2, 0.25) is 0 Å². The van der Waals surface area contributed by atoms with Gasteiger partial charge in [-0.05, 0) is 43.3 Å². The van der Waals surface area contributed by atoms with E-state index in [1.165, 1.54) is 10.4 Å². The molecule has 1 N–H and O–H groups in total. The minimum absolute atomic E-state index is 0.0360. The summed E-state index contributed by atoms with van der Waals surface area (Å²) in [5.41, 5.74) is 3.80. The molecule has 1 saturated heterocycles. The van der Waals surface area contributed by atoms with Gasteiger partial charge in [0.05, 0.1) is 21.6 Å². The molecule has 1 aliphatic heterocycles. The molecule has 6 nitrogen and oxygen atoms in total. The summed E-state index contributed by atoms with van der Waals surface area (Å²) >= 11 is 1.74. The maximum Gasteiger partial charge on any atom is 0.269 e. The molecule has 0 aromatic carbocycles. The van der Waals surface area contributed by atoms with Crippen LogP contribution in [0.1, 0.15) is 29.0 Å². The van der Waals surface area contributed by atoms with Gasteiger partial charge in [0.2, 0.25) is 0 Å². The number of anilines is 1. The average Bonchev–Trinajstić information content (AvgIpc) is 3.21. The highest BCUT2D eigenvalue weighted by Crippen LogP contribution is 2.31. The summed E-state index contributed by atoms with van der Waals surface area (Å²) in [4.78, 5) is 19.3. The topological polar surface area (TPSA) is 63.1 Å². The normalized spacial score (nSPS) is 15.7. The highest BCUT2D eigenvalue weighted by molar-refractivity contribution is 7.17. The van der Waals surface area contributed by atoms with E-state index in [0.29, 0.717) is 5.69 Å². The van der Waals surface area contributed by atoms with E-state index in [1.54, 1.807) is 23.1 Å². The Morgan fingerprint density at radius 3 is 2.84 bits per heavy atom. The lowest BCUT2D eigenvalue weighted by Gasteiger charge is -2.34. The minimum Gasteiger partial charge on any atom is -0.370 e. The van der Waals surface area contributed by atoms with E-state index >= 15 is 0 Å². The molecule has 3 aromatic heterocycles. The van der Waals surface area contributed by atoms with Crippen LogP contribution in [0, 0.1) is 6.92 Å². The average molecular weight is 355 g/mol. The zero-order chi connectivity index (χ0) is 17.4. The van der Waals surface area contributed by atoms with Crippen molar-refractivity contribution in [2.75, 3.05) is 18.0 Å². The van der Waals surface area contributed by atoms with Crippen LogP contribution in [0.3, 0.4) is 0 Å². The number of hydrogen-bond donors (Lipinski definition) is 1. The Morgan fingerprint density at radius 2 is 2.12 bits per heavy atom. The summed E-state index contributed by atoms with van der Waals surface area (Å²) in [6.45, 7) is 3.77. The maximum atomic E-state index is 12.4. The third-order valence-corrected chi connectivity index (χ3v) is 5.65. The fourth-order valence-electron chi connectivity index (χ4n) is 3.46. The second-order valence-electron chi connectivity index (χ2n) is 6.49. The van der Waals surface area contributed by atoms with E-state index in [9.17, 15) is 4.79 Å². The van der Waals surface area contributed by atoms with Crippen molar-refractivity contribution >= 4 is 33.1 Å². The lowest BCUT2D eigenvalue weighted by Crippen LogP contribution is -2.45. The van der Waals surface area contributed by atoms with Crippen LogP contribution in [0.5, 0.6) is 0 Å². The van der Waals surface area contributed by atoms with Crippen molar-refractivity contribution in [1.82, 2.24) is 20.1 Å². The minimum atomic E-state index is -0.0360. The first-order valence-corrected chi connectivity index (χ1v) is 9.38. The Kier molecular flexibility index (Phi) is 4.17. The van der Waals surface area contributed by atoms with Crippen LogP contribution >= 0.6 is 11.3 Å². The van der Waals surface area contributed by atoms with Gasteiger partial charge >= 0.3 is 0 Å². The van der Waals surface area contributed by atoms with Gasteiger partial charge in [0.15, 0.2) is 0 Å². The van der Waals surface area contributed by atoms with E-state index in [4.69, 9.17) is 0 Å². The van der Waals surface area contributed by atoms with Gasteiger partial charge in [-0.2, -0.15) is 5.10 Å². The summed E-state index contributed by atoms with van der Waals surface area (Å²) in [7, 11) is 1.81. The zero-order valence-corrected chi connectivity index (χ0v) is 15.2. The Hall–Kier alpha value is -2.41. The molecule has 130 valence electrons. The summed E-state index contributed by atoms with van der Waals surface area (Å²) in [6.07, 6.45) is 3.76. The summed E-state index contributed by atoms with van der Waals surface area (Å²) < 4.78 is 2.89. The van der Waals surface area contributed by atoms with E-state index in [0.717, 1.165) is 37.1 Å². The van der Waals surface area contributed by atoms with E-state index in [-0.39, 0.29) is 11.9 Å². The standard InChI is InChI=1S/C18H21N5OS/c1-12-11-16(22(2)21-12)18(24)20-13-4-8-23(9-5-13)15-3-7-19-14-6-10-25-17(14)15/h3,6-7,10-11,13H,4-5,8-9H2,1-2H3,(H,20,24). The largest absolute Gasteiger partial charge is 0.370 e. The Labute approximate surface area is 150 Å². The number of nitrogens with zero attached hydrogens (tertiary/aromatic N) is 4. The fraction of sp³-hybridized carbons (Fsp3) is 0.389. The number of carbonyl (C=O) groups is 1. The number of aromatic nitrogens is 3. The molecule has 0 saturated carbocycles. The monoisotopic (exact) mass is 355 g/mol. The predicted octanol–water partition coefficient (Wildman–Crippen LogP) is 2.74. The smallest absolute Gasteiger partial charge is 0.269 e. The van der Waals surface area contributed by atoms with Crippen molar-refractivity contribution in [2.45, 2.75) is 25.8 Å². The number of thiophene rings is 1. The van der Waals surface area contributed by atoms with Crippen molar-refractivity contribution in [2.24, 2.45) is 7.05 Å². The molecule has 0 unspecified atom stereocenters. The second kappa shape index (κ2) is 6.48. The first-order valence-electron chi connectivity index (χ1n) is 8.50. The number of nitrogens with one attached hydrogen (secondary N) is 1. The molecule has 3 aromatic rings. The van der Waals surface area contributed by atoms with Crippen LogP contribution < -0.4 is 10.2 Å². The molecule has 1 amide bonds. The van der Waals surface area contributed by atoms with E-state index in [1.807, 2.05) is 19.2 Å². The molecule has 4 rings (SSSR count). The van der Waals surface area contributed by atoms with E-state index in [2.05, 4.69) is 37.8 Å². The van der Waals surface area contributed by atoms with Crippen molar-refractivity contribution in [3.05, 3.63) is 41.2 Å². The highest BCUT2D eigenvalue weighted by Gasteiger charge is 2.23. The fourth-order valence-corrected chi connectivity index (χ4v) is 4.35. The number of aryl methyl sites for hydroxylation is 2. The lowest BCUT2D eigenvalue weighted by atomic mass is 10.0. The molecule has 25 heavy (non-hydrogen) atoms. The van der Waals surface area contributed by atoms with Gasteiger partial charge < -0.3 is 10.2 Å². The Morgan fingerprint density at radius 1 is 1.32 bits per heavy atom. The molecular weight excluding hydrogens is 334 g/mol. The third-order valence-electron chi connectivity index (χ3n) is 4.73. The number of pyridine rings is 1. The van der Waals surface area contributed by atoms with Gasteiger partial charge in [0, 0.05) is 32.4 Å².